The van der Waals surface area contributed by atoms with Crippen LogP contribution in [0.5, 0.6) is 0 Å². The summed E-state index contributed by atoms with van der Waals surface area (Å²) < 4.78 is 33.1. The summed E-state index contributed by atoms with van der Waals surface area (Å²) in [6.07, 6.45) is 1.36. The van der Waals surface area contributed by atoms with Crippen molar-refractivity contribution in [2.45, 2.75) is 11.1 Å². The molecule has 0 radical (unpaired) electrons. The third kappa shape index (κ3) is 3.17. The Balaban J connectivity index is 2.14. The molecule has 1 aromatic heterocycles. The van der Waals surface area contributed by atoms with E-state index >= 15 is 0 Å². The molecule has 24 heavy (non-hydrogen) atoms. The van der Waals surface area contributed by atoms with Crippen LogP contribution in [0.3, 0.4) is 0 Å². The highest BCUT2D eigenvalue weighted by molar-refractivity contribution is 9.10. The lowest BCUT2D eigenvalue weighted by atomic mass is 9.99. The summed E-state index contributed by atoms with van der Waals surface area (Å²) in [5.41, 5.74) is 1.74. The molecule has 0 bridgehead atoms. The van der Waals surface area contributed by atoms with Crippen molar-refractivity contribution in [3.63, 3.8) is 0 Å². The van der Waals surface area contributed by atoms with E-state index < -0.39 is 16.1 Å². The molecule has 0 fully saturated rings. The van der Waals surface area contributed by atoms with E-state index in [1.54, 1.807) is 13.1 Å². The van der Waals surface area contributed by atoms with Gasteiger partial charge in [-0.15, -0.1) is 0 Å². The number of rotatable bonds is 5. The van der Waals surface area contributed by atoms with Gasteiger partial charge in [-0.3, -0.25) is 0 Å². The van der Waals surface area contributed by atoms with Crippen molar-refractivity contribution in [2.75, 3.05) is 7.05 Å². The van der Waals surface area contributed by atoms with Crippen molar-refractivity contribution in [3.05, 3.63) is 88.6 Å². The average molecular weight is 406 g/mol. The molecule has 0 saturated heterocycles. The Kier molecular flexibility index (Phi) is 4.89. The minimum Gasteiger partial charge on any atom is -0.452 e. The second-order valence-electron chi connectivity index (χ2n) is 5.29. The predicted molar refractivity (Wildman–Crippen MR) is 96.1 cm³/mol. The third-order valence-electron chi connectivity index (χ3n) is 3.81. The summed E-state index contributed by atoms with van der Waals surface area (Å²) in [6.45, 7) is 0. The third-order valence-corrected chi connectivity index (χ3v) is 6.24. The van der Waals surface area contributed by atoms with Crippen molar-refractivity contribution in [1.29, 1.82) is 0 Å². The molecule has 4 nitrogen and oxygen atoms in total. The minimum absolute atomic E-state index is 0.0713. The van der Waals surface area contributed by atoms with E-state index in [0.717, 1.165) is 15.6 Å². The number of nitrogens with zero attached hydrogens (tertiary/aromatic N) is 1. The predicted octanol–water partition coefficient (Wildman–Crippen LogP) is 4.45. The number of halogens is 1. The topological polar surface area (TPSA) is 50.5 Å². The van der Waals surface area contributed by atoms with Crippen molar-refractivity contribution in [3.8, 4) is 0 Å². The zero-order chi connectivity index (χ0) is 17.2. The normalized spacial score (nSPS) is 13.1. The van der Waals surface area contributed by atoms with Gasteiger partial charge in [0.1, 0.15) is 0 Å². The van der Waals surface area contributed by atoms with Gasteiger partial charge in [0.05, 0.1) is 12.3 Å². The van der Waals surface area contributed by atoms with Crippen LogP contribution in [0.1, 0.15) is 17.2 Å². The molecule has 1 heterocycles. The number of sulfonamides is 1. The number of benzene rings is 2. The molecule has 124 valence electrons. The van der Waals surface area contributed by atoms with Gasteiger partial charge in [-0.1, -0.05) is 64.5 Å². The van der Waals surface area contributed by atoms with Crippen LogP contribution < -0.4 is 0 Å². The highest BCUT2D eigenvalue weighted by Crippen LogP contribution is 2.35. The van der Waals surface area contributed by atoms with Crippen molar-refractivity contribution >= 4 is 26.0 Å². The summed E-state index contributed by atoms with van der Waals surface area (Å²) in [6, 6.07) is 19.7. The summed E-state index contributed by atoms with van der Waals surface area (Å²) in [5, 5.41) is -0.0713. The van der Waals surface area contributed by atoms with Crippen LogP contribution in [0.15, 0.2) is 87.0 Å². The lowest BCUT2D eigenvalue weighted by molar-refractivity contribution is 0.382. The van der Waals surface area contributed by atoms with E-state index in [-0.39, 0.29) is 5.09 Å². The van der Waals surface area contributed by atoms with Gasteiger partial charge >= 0.3 is 0 Å². The van der Waals surface area contributed by atoms with E-state index in [1.165, 1.54) is 16.6 Å². The van der Waals surface area contributed by atoms with Crippen LogP contribution in [0, 0.1) is 0 Å². The lowest BCUT2D eigenvalue weighted by Gasteiger charge is -2.28. The molecular weight excluding hydrogens is 390 g/mol. The van der Waals surface area contributed by atoms with E-state index in [1.807, 2.05) is 54.6 Å². The van der Waals surface area contributed by atoms with Crippen molar-refractivity contribution in [2.24, 2.45) is 0 Å². The quantitative estimate of drug-likeness (QED) is 0.629. The standard InChI is InChI=1S/C18H16BrNO3S/c1-20(24(21,22)17-12-7-13-23-17)18(14-8-3-2-4-9-14)15-10-5-6-11-16(15)19/h2-13,18H,1H3. The summed E-state index contributed by atoms with van der Waals surface area (Å²) in [5.74, 6) is 0. The highest BCUT2D eigenvalue weighted by atomic mass is 79.9. The molecule has 1 atom stereocenters. The van der Waals surface area contributed by atoms with Gasteiger partial charge in [-0.05, 0) is 29.3 Å². The Labute approximate surface area is 149 Å². The van der Waals surface area contributed by atoms with E-state index in [9.17, 15) is 8.42 Å². The molecule has 2 aromatic carbocycles. The second kappa shape index (κ2) is 6.93. The van der Waals surface area contributed by atoms with Crippen molar-refractivity contribution in [1.82, 2.24) is 4.31 Å². The van der Waals surface area contributed by atoms with Gasteiger partial charge in [0.2, 0.25) is 5.09 Å². The molecular formula is C18H16BrNO3S. The Morgan fingerprint density at radius 3 is 2.25 bits per heavy atom. The van der Waals surface area contributed by atoms with Crippen molar-refractivity contribution < 1.29 is 12.8 Å². The number of hydrogen-bond acceptors (Lipinski definition) is 3. The first-order valence-electron chi connectivity index (χ1n) is 7.32. The van der Waals surface area contributed by atoms with Gasteiger partial charge in [-0.25, -0.2) is 8.42 Å². The van der Waals surface area contributed by atoms with Crippen LogP contribution in [0.2, 0.25) is 0 Å². The largest absolute Gasteiger partial charge is 0.452 e. The maximum atomic E-state index is 12.9. The molecule has 0 amide bonds. The Morgan fingerprint density at radius 1 is 0.958 bits per heavy atom. The summed E-state index contributed by atoms with van der Waals surface area (Å²) in [7, 11) is -2.20. The highest BCUT2D eigenvalue weighted by Gasteiger charge is 2.32. The lowest BCUT2D eigenvalue weighted by Crippen LogP contribution is -2.32. The summed E-state index contributed by atoms with van der Waals surface area (Å²) >= 11 is 3.53. The zero-order valence-electron chi connectivity index (χ0n) is 13.0. The maximum Gasteiger partial charge on any atom is 0.277 e. The average Bonchev–Trinajstić information content (AvgIpc) is 3.13. The van der Waals surface area contributed by atoms with Crippen LogP contribution in [0.25, 0.3) is 0 Å². The first-order valence-corrected chi connectivity index (χ1v) is 9.56. The molecule has 0 aliphatic rings. The Bertz CT molecular complexity index is 908. The minimum atomic E-state index is -3.76. The fourth-order valence-corrected chi connectivity index (χ4v) is 4.33. The molecule has 0 saturated carbocycles. The molecule has 0 spiro atoms. The first-order chi connectivity index (χ1) is 11.5. The number of hydrogen-bond donors (Lipinski definition) is 0. The molecule has 0 aliphatic carbocycles. The molecule has 3 rings (SSSR count). The van der Waals surface area contributed by atoms with Gasteiger partial charge in [0.15, 0.2) is 0 Å². The van der Waals surface area contributed by atoms with Gasteiger partial charge in [0.25, 0.3) is 10.0 Å². The molecule has 1 unspecified atom stereocenters. The van der Waals surface area contributed by atoms with Gasteiger partial charge < -0.3 is 4.42 Å². The molecule has 0 aliphatic heterocycles. The monoisotopic (exact) mass is 405 g/mol. The van der Waals surface area contributed by atoms with E-state index in [4.69, 9.17) is 4.42 Å². The van der Waals surface area contributed by atoms with E-state index in [0.29, 0.717) is 0 Å². The van der Waals surface area contributed by atoms with Crippen LogP contribution in [0.4, 0.5) is 0 Å². The van der Waals surface area contributed by atoms with Crippen LogP contribution in [-0.2, 0) is 10.0 Å². The van der Waals surface area contributed by atoms with E-state index in [2.05, 4.69) is 15.9 Å². The molecule has 0 N–H and O–H groups in total. The summed E-state index contributed by atoms with van der Waals surface area (Å²) in [4.78, 5) is 0. The number of furan rings is 1. The Morgan fingerprint density at radius 2 is 1.62 bits per heavy atom. The van der Waals surface area contributed by atoms with Crippen LogP contribution >= 0.6 is 15.9 Å². The van der Waals surface area contributed by atoms with Gasteiger partial charge in [-0.2, -0.15) is 4.31 Å². The first kappa shape index (κ1) is 17.0. The molecule has 3 aromatic rings. The second-order valence-corrected chi connectivity index (χ2v) is 8.07. The fraction of sp³-hybridized carbons (Fsp3) is 0.111. The Hall–Kier alpha value is -1.89. The smallest absolute Gasteiger partial charge is 0.277 e. The fourth-order valence-electron chi connectivity index (χ4n) is 2.61. The maximum absolute atomic E-state index is 12.9. The zero-order valence-corrected chi connectivity index (χ0v) is 15.4. The SMILES string of the molecule is CN(C(c1ccccc1)c1ccccc1Br)S(=O)(=O)c1ccco1. The van der Waals surface area contributed by atoms with Crippen LogP contribution in [-0.4, -0.2) is 19.8 Å². The van der Waals surface area contributed by atoms with Gasteiger partial charge in [0, 0.05) is 11.5 Å². The molecule has 6 heteroatoms.